The van der Waals surface area contributed by atoms with Crippen LogP contribution in [0, 0.1) is 11.6 Å². The van der Waals surface area contributed by atoms with Crippen molar-refractivity contribution in [3.63, 3.8) is 0 Å². The fraction of sp³-hybridized carbons (Fsp3) is 0.167. The molecular weight excluding hydrogens is 358 g/mol. The molecule has 134 valence electrons. The van der Waals surface area contributed by atoms with Crippen LogP contribution in [0.1, 0.15) is 0 Å². The maximum Gasteiger partial charge on any atom is 0.232 e. The fourth-order valence-electron chi connectivity index (χ4n) is 2.27. The maximum absolute atomic E-state index is 14.4. The zero-order chi connectivity index (χ0) is 18.7. The molecule has 8 heteroatoms. The minimum Gasteiger partial charge on any atom is -0.348 e. The van der Waals surface area contributed by atoms with E-state index in [4.69, 9.17) is 0 Å². The molecule has 0 aliphatic heterocycles. The molecule has 2 aromatic carbocycles. The van der Waals surface area contributed by atoms with Gasteiger partial charge in [0.2, 0.25) is 5.91 Å². The molecule has 26 heavy (non-hydrogen) atoms. The Balaban J connectivity index is 2.08. The van der Waals surface area contributed by atoms with Gasteiger partial charge in [-0.1, -0.05) is 42.1 Å². The summed E-state index contributed by atoms with van der Waals surface area (Å²) in [5.74, 6) is -0.968. The second kappa shape index (κ2) is 7.65. The van der Waals surface area contributed by atoms with Gasteiger partial charge >= 0.3 is 0 Å². The Kier molecular flexibility index (Phi) is 5.32. The molecule has 0 saturated carbocycles. The van der Waals surface area contributed by atoms with Crippen LogP contribution in [0.15, 0.2) is 53.7 Å². The third kappa shape index (κ3) is 3.75. The van der Waals surface area contributed by atoms with Gasteiger partial charge in [0.25, 0.3) is 0 Å². The summed E-state index contributed by atoms with van der Waals surface area (Å²) in [4.78, 5) is 13.3. The summed E-state index contributed by atoms with van der Waals surface area (Å²) in [6.07, 6.45) is 0. The quantitative estimate of drug-likeness (QED) is 0.643. The van der Waals surface area contributed by atoms with Crippen molar-refractivity contribution in [2.75, 3.05) is 19.8 Å². The van der Waals surface area contributed by atoms with Gasteiger partial charge in [-0.25, -0.2) is 8.78 Å². The summed E-state index contributed by atoms with van der Waals surface area (Å²) in [6.45, 7) is 0. The molecule has 0 aliphatic carbocycles. The largest absolute Gasteiger partial charge is 0.348 e. The lowest BCUT2D eigenvalue weighted by Gasteiger charge is -2.12. The van der Waals surface area contributed by atoms with E-state index in [1.54, 1.807) is 14.1 Å². The van der Waals surface area contributed by atoms with Crippen LogP contribution in [0.5, 0.6) is 0 Å². The molecule has 0 unspecified atom stereocenters. The molecule has 0 saturated heterocycles. The molecule has 0 aliphatic rings. The molecule has 0 bridgehead atoms. The van der Waals surface area contributed by atoms with Gasteiger partial charge in [-0.2, -0.15) is 0 Å². The summed E-state index contributed by atoms with van der Waals surface area (Å²) >= 11 is 1.14. The second-order valence-electron chi connectivity index (χ2n) is 5.68. The van der Waals surface area contributed by atoms with Gasteiger partial charge in [-0.3, -0.25) is 9.36 Å². The van der Waals surface area contributed by atoms with Crippen LogP contribution in [0.4, 0.5) is 8.78 Å². The van der Waals surface area contributed by atoms with Crippen molar-refractivity contribution < 1.29 is 13.6 Å². The standard InChI is InChI=1S/C18H16F2N4OS/c1-23(2)16(25)11-26-18-22-21-17(12-6-4-3-5-7-12)24(18)15-9-8-13(19)10-14(15)20/h3-10H,11H2,1-2H3. The summed E-state index contributed by atoms with van der Waals surface area (Å²) in [5, 5.41) is 8.62. The molecular formula is C18H16F2N4OS. The number of thioether (sulfide) groups is 1. The van der Waals surface area contributed by atoms with Crippen LogP contribution < -0.4 is 0 Å². The first-order chi connectivity index (χ1) is 12.5. The van der Waals surface area contributed by atoms with Gasteiger partial charge < -0.3 is 4.90 Å². The van der Waals surface area contributed by atoms with Crippen LogP contribution in [0.2, 0.25) is 0 Å². The molecule has 0 spiro atoms. The van der Waals surface area contributed by atoms with Crippen molar-refractivity contribution in [1.29, 1.82) is 0 Å². The third-order valence-corrected chi connectivity index (χ3v) is 4.55. The van der Waals surface area contributed by atoms with Crippen molar-refractivity contribution >= 4 is 17.7 Å². The van der Waals surface area contributed by atoms with Gasteiger partial charge in [-0.15, -0.1) is 10.2 Å². The minimum atomic E-state index is -0.734. The van der Waals surface area contributed by atoms with E-state index in [2.05, 4.69) is 10.2 Å². The van der Waals surface area contributed by atoms with Gasteiger partial charge in [0.15, 0.2) is 11.0 Å². The van der Waals surface area contributed by atoms with Crippen LogP contribution in [0.3, 0.4) is 0 Å². The molecule has 0 N–H and O–H groups in total. The first kappa shape index (κ1) is 18.1. The lowest BCUT2D eigenvalue weighted by atomic mass is 10.2. The van der Waals surface area contributed by atoms with E-state index in [1.165, 1.54) is 21.6 Å². The Morgan fingerprint density at radius 1 is 1.12 bits per heavy atom. The number of carbonyl (C=O) groups excluding carboxylic acids is 1. The van der Waals surface area contributed by atoms with Gasteiger partial charge in [-0.05, 0) is 12.1 Å². The third-order valence-electron chi connectivity index (χ3n) is 3.64. The lowest BCUT2D eigenvalue weighted by Crippen LogP contribution is -2.23. The van der Waals surface area contributed by atoms with E-state index in [0.717, 1.165) is 23.4 Å². The first-order valence-electron chi connectivity index (χ1n) is 7.76. The SMILES string of the molecule is CN(C)C(=O)CSc1nnc(-c2ccccc2)n1-c1ccc(F)cc1F. The monoisotopic (exact) mass is 374 g/mol. The fourth-order valence-corrected chi connectivity index (χ4v) is 3.20. The number of amides is 1. The van der Waals surface area contributed by atoms with E-state index in [1.807, 2.05) is 30.3 Å². The molecule has 3 rings (SSSR count). The zero-order valence-electron chi connectivity index (χ0n) is 14.2. The Morgan fingerprint density at radius 2 is 1.85 bits per heavy atom. The molecule has 0 atom stereocenters. The number of rotatable bonds is 5. The summed E-state index contributed by atoms with van der Waals surface area (Å²) in [6, 6.07) is 12.5. The highest BCUT2D eigenvalue weighted by Gasteiger charge is 2.20. The lowest BCUT2D eigenvalue weighted by molar-refractivity contribution is -0.125. The number of hydrogen-bond donors (Lipinski definition) is 0. The highest BCUT2D eigenvalue weighted by molar-refractivity contribution is 7.99. The molecule has 0 radical (unpaired) electrons. The highest BCUT2D eigenvalue weighted by atomic mass is 32.2. The van der Waals surface area contributed by atoms with E-state index in [-0.39, 0.29) is 17.3 Å². The maximum atomic E-state index is 14.4. The van der Waals surface area contributed by atoms with Crippen molar-refractivity contribution in [1.82, 2.24) is 19.7 Å². The smallest absolute Gasteiger partial charge is 0.232 e. The molecule has 3 aromatic rings. The predicted molar refractivity (Wildman–Crippen MR) is 96.1 cm³/mol. The van der Waals surface area contributed by atoms with Crippen molar-refractivity contribution in [3.8, 4) is 17.1 Å². The van der Waals surface area contributed by atoms with Crippen LogP contribution in [-0.4, -0.2) is 45.4 Å². The molecule has 1 aromatic heterocycles. The van der Waals surface area contributed by atoms with Crippen LogP contribution >= 0.6 is 11.8 Å². The van der Waals surface area contributed by atoms with Crippen LogP contribution in [0.25, 0.3) is 17.1 Å². The highest BCUT2D eigenvalue weighted by Crippen LogP contribution is 2.29. The van der Waals surface area contributed by atoms with Crippen molar-refractivity contribution in [2.24, 2.45) is 0 Å². The van der Waals surface area contributed by atoms with Crippen LogP contribution in [-0.2, 0) is 4.79 Å². The Bertz CT molecular complexity index is 928. The average molecular weight is 374 g/mol. The number of aromatic nitrogens is 3. The van der Waals surface area contributed by atoms with E-state index < -0.39 is 11.6 Å². The van der Waals surface area contributed by atoms with E-state index in [0.29, 0.717) is 11.0 Å². The number of hydrogen-bond acceptors (Lipinski definition) is 4. The van der Waals surface area contributed by atoms with Crippen molar-refractivity contribution in [2.45, 2.75) is 5.16 Å². The number of carbonyl (C=O) groups is 1. The van der Waals surface area contributed by atoms with Gasteiger partial charge in [0.05, 0.1) is 11.4 Å². The molecule has 1 heterocycles. The second-order valence-corrected chi connectivity index (χ2v) is 6.62. The first-order valence-corrected chi connectivity index (χ1v) is 8.75. The topological polar surface area (TPSA) is 51.0 Å². The average Bonchev–Trinajstić information content (AvgIpc) is 3.04. The van der Waals surface area contributed by atoms with E-state index in [9.17, 15) is 13.6 Å². The molecule has 5 nitrogen and oxygen atoms in total. The Hall–Kier alpha value is -2.74. The zero-order valence-corrected chi connectivity index (χ0v) is 15.0. The predicted octanol–water partition coefficient (Wildman–Crippen LogP) is 3.39. The molecule has 1 amide bonds. The van der Waals surface area contributed by atoms with E-state index >= 15 is 0 Å². The summed E-state index contributed by atoms with van der Waals surface area (Å²) in [7, 11) is 3.31. The number of nitrogens with zero attached hydrogens (tertiary/aromatic N) is 4. The summed E-state index contributed by atoms with van der Waals surface area (Å²) < 4.78 is 29.2. The number of halogens is 2. The van der Waals surface area contributed by atoms with Gasteiger partial charge in [0, 0.05) is 25.7 Å². The minimum absolute atomic E-state index is 0.106. The van der Waals surface area contributed by atoms with Crippen molar-refractivity contribution in [3.05, 3.63) is 60.2 Å². The van der Waals surface area contributed by atoms with Gasteiger partial charge in [0.1, 0.15) is 11.6 Å². The Labute approximate surface area is 153 Å². The normalized spacial score (nSPS) is 10.8. The summed E-state index contributed by atoms with van der Waals surface area (Å²) in [5.41, 5.74) is 0.851. The Morgan fingerprint density at radius 3 is 2.50 bits per heavy atom. The molecule has 0 fully saturated rings. The number of benzene rings is 2.